The van der Waals surface area contributed by atoms with Gasteiger partial charge in [0.2, 0.25) is 0 Å². The smallest absolute Gasteiger partial charge is 0.252 e. The molecule has 0 bridgehead atoms. The quantitative estimate of drug-likeness (QED) is 0.184. The predicted octanol–water partition coefficient (Wildman–Crippen LogP) is -0.440. The molecule has 0 unspecified atom stereocenters. The van der Waals surface area contributed by atoms with Crippen molar-refractivity contribution in [1.29, 1.82) is 5.41 Å². The van der Waals surface area contributed by atoms with E-state index in [1.54, 1.807) is 0 Å². The highest BCUT2D eigenvalue weighted by atomic mass is 16.7. The molecule has 0 aromatic heterocycles. The summed E-state index contributed by atoms with van der Waals surface area (Å²) in [4.78, 5) is 9.99. The topological polar surface area (TPSA) is 96.2 Å². The van der Waals surface area contributed by atoms with Crippen molar-refractivity contribution in [2.24, 2.45) is 5.73 Å². The molecule has 0 saturated carbocycles. The van der Waals surface area contributed by atoms with Gasteiger partial charge in [-0.05, 0) is 0 Å². The highest BCUT2D eigenvalue weighted by Gasteiger charge is 2.14. The molecule has 3 N–H and O–H groups in total. The molecule has 0 aliphatic heterocycles. The molecule has 0 aromatic rings. The highest BCUT2D eigenvalue weighted by Crippen LogP contribution is 1.85. The van der Waals surface area contributed by atoms with E-state index in [0.717, 1.165) is 0 Å². The lowest BCUT2D eigenvalue weighted by atomic mass is 10.6. The Kier molecular flexibility index (Phi) is 2.89. The maximum atomic E-state index is 9.99. The van der Waals surface area contributed by atoms with Crippen molar-refractivity contribution in [2.75, 3.05) is 6.54 Å². The van der Waals surface area contributed by atoms with Crippen LogP contribution in [0.15, 0.2) is 12.7 Å². The van der Waals surface area contributed by atoms with Crippen LogP contribution in [0, 0.1) is 15.5 Å². The molecule has 6 nitrogen and oxygen atoms in total. The molecule has 0 radical (unpaired) electrons. The van der Waals surface area contributed by atoms with E-state index in [1.807, 2.05) is 0 Å². The minimum Gasteiger partial charge on any atom is -0.365 e. The van der Waals surface area contributed by atoms with E-state index >= 15 is 0 Å². The Hall–Kier alpha value is -1.59. The van der Waals surface area contributed by atoms with Crippen LogP contribution in [-0.2, 0) is 0 Å². The zero-order chi connectivity index (χ0) is 8.15. The number of rotatable bonds is 3. The fourth-order valence-electron chi connectivity index (χ4n) is 0.375. The molecule has 0 saturated heterocycles. The Morgan fingerprint density at radius 1 is 2.00 bits per heavy atom. The minimum atomic E-state index is -0.760. The van der Waals surface area contributed by atoms with Crippen LogP contribution in [-0.4, -0.2) is 22.5 Å². The lowest BCUT2D eigenvalue weighted by molar-refractivity contribution is -0.627. The Morgan fingerprint density at radius 3 is 2.60 bits per heavy atom. The fraction of sp³-hybridized carbons (Fsp3) is 0.250. The normalized spacial score (nSPS) is 8.40. The molecular weight excluding hydrogens is 136 g/mol. The van der Waals surface area contributed by atoms with Gasteiger partial charge in [-0.15, -0.1) is 6.58 Å². The summed E-state index contributed by atoms with van der Waals surface area (Å²) < 4.78 is 0. The summed E-state index contributed by atoms with van der Waals surface area (Å²) in [5.41, 5.74) is 4.84. The number of nitrogens with zero attached hydrogens (tertiary/aromatic N) is 2. The third-order valence-corrected chi connectivity index (χ3v) is 0.777. The second-order valence-corrected chi connectivity index (χ2v) is 1.49. The number of hydrogen-bond acceptors (Lipinski definition) is 3. The van der Waals surface area contributed by atoms with Crippen molar-refractivity contribution in [2.45, 2.75) is 0 Å². The van der Waals surface area contributed by atoms with E-state index < -0.39 is 11.0 Å². The maximum Gasteiger partial charge on any atom is 0.252 e. The van der Waals surface area contributed by atoms with Crippen molar-refractivity contribution < 1.29 is 5.03 Å². The molecule has 0 atom stereocenters. The van der Waals surface area contributed by atoms with E-state index in [1.165, 1.54) is 6.08 Å². The van der Waals surface area contributed by atoms with Gasteiger partial charge in [0.25, 0.3) is 5.96 Å². The molecule has 0 fully saturated rings. The Balaban J connectivity index is 4.11. The van der Waals surface area contributed by atoms with Gasteiger partial charge in [0.15, 0.2) is 5.03 Å². The zero-order valence-corrected chi connectivity index (χ0v) is 5.28. The van der Waals surface area contributed by atoms with Crippen LogP contribution in [0.4, 0.5) is 0 Å². The number of hydrazine groups is 1. The molecule has 0 aromatic carbocycles. The molecule has 0 rings (SSSR count). The van der Waals surface area contributed by atoms with Crippen LogP contribution in [0.3, 0.4) is 0 Å². The third kappa shape index (κ3) is 2.12. The lowest BCUT2D eigenvalue weighted by Gasteiger charge is -2.07. The van der Waals surface area contributed by atoms with Crippen LogP contribution < -0.4 is 5.73 Å². The van der Waals surface area contributed by atoms with E-state index in [2.05, 4.69) is 6.58 Å². The Labute approximate surface area is 57.6 Å². The first-order chi connectivity index (χ1) is 4.59. The van der Waals surface area contributed by atoms with Gasteiger partial charge < -0.3 is 5.73 Å². The molecule has 0 amide bonds. The van der Waals surface area contributed by atoms with Crippen LogP contribution in [0.5, 0.6) is 0 Å². The Morgan fingerprint density at radius 2 is 2.50 bits per heavy atom. The molecule has 0 heterocycles. The van der Waals surface area contributed by atoms with Crippen LogP contribution in [0.2, 0.25) is 0 Å². The van der Waals surface area contributed by atoms with Gasteiger partial charge in [0, 0.05) is 0 Å². The number of guanidine groups is 1. The molecule has 0 aliphatic carbocycles. The number of nitrogens with one attached hydrogen (secondary N) is 1. The molecule has 10 heavy (non-hydrogen) atoms. The van der Waals surface area contributed by atoms with Crippen LogP contribution >= 0.6 is 0 Å². The van der Waals surface area contributed by atoms with Crippen molar-refractivity contribution >= 4 is 5.96 Å². The van der Waals surface area contributed by atoms with Gasteiger partial charge in [0.1, 0.15) is 6.54 Å². The van der Waals surface area contributed by atoms with Gasteiger partial charge in [-0.2, -0.15) is 0 Å². The summed E-state index contributed by atoms with van der Waals surface area (Å²) >= 11 is 0. The van der Waals surface area contributed by atoms with Gasteiger partial charge in [-0.3, -0.25) is 5.41 Å². The van der Waals surface area contributed by atoms with Crippen LogP contribution in [0.25, 0.3) is 0 Å². The van der Waals surface area contributed by atoms with Gasteiger partial charge >= 0.3 is 0 Å². The van der Waals surface area contributed by atoms with Crippen molar-refractivity contribution in [3.05, 3.63) is 22.8 Å². The minimum absolute atomic E-state index is 0.0532. The summed E-state index contributed by atoms with van der Waals surface area (Å²) in [5, 5.41) is 16.4. The van der Waals surface area contributed by atoms with Crippen molar-refractivity contribution in [3.63, 3.8) is 0 Å². The van der Waals surface area contributed by atoms with E-state index in [0.29, 0.717) is 5.01 Å². The first-order valence-electron chi connectivity index (χ1n) is 2.46. The summed E-state index contributed by atoms with van der Waals surface area (Å²) in [6, 6.07) is 0. The monoisotopic (exact) mass is 144 g/mol. The standard InChI is InChI=1S/C4H8N4O2/c1-2-3-7(4(5)6)8(9)10/h2H,1,3H2,(H3,5,6). The molecule has 6 heteroatoms. The van der Waals surface area contributed by atoms with Crippen molar-refractivity contribution in [1.82, 2.24) is 5.01 Å². The van der Waals surface area contributed by atoms with E-state index in [4.69, 9.17) is 11.1 Å². The zero-order valence-electron chi connectivity index (χ0n) is 5.28. The first-order valence-corrected chi connectivity index (χ1v) is 2.46. The first kappa shape index (κ1) is 8.41. The third-order valence-electron chi connectivity index (χ3n) is 0.777. The summed E-state index contributed by atoms with van der Waals surface area (Å²) in [7, 11) is 0. The van der Waals surface area contributed by atoms with Crippen molar-refractivity contribution in [3.8, 4) is 0 Å². The van der Waals surface area contributed by atoms with Crippen LogP contribution in [0.1, 0.15) is 0 Å². The summed E-state index contributed by atoms with van der Waals surface area (Å²) in [6.45, 7) is 3.21. The molecule has 56 valence electrons. The summed E-state index contributed by atoms with van der Waals surface area (Å²) in [5.74, 6) is -0.593. The Bertz CT molecular complexity index is 153. The fourth-order valence-corrected chi connectivity index (χ4v) is 0.375. The van der Waals surface area contributed by atoms with Gasteiger partial charge in [-0.1, -0.05) is 11.1 Å². The molecule has 0 aliphatic rings. The number of nitrogens with two attached hydrogens (primary N) is 1. The van der Waals surface area contributed by atoms with E-state index in [9.17, 15) is 10.1 Å². The van der Waals surface area contributed by atoms with Gasteiger partial charge in [-0.25, -0.2) is 10.1 Å². The average Bonchev–Trinajstić information content (AvgIpc) is 1.81. The van der Waals surface area contributed by atoms with E-state index in [-0.39, 0.29) is 6.54 Å². The lowest BCUT2D eigenvalue weighted by Crippen LogP contribution is -2.40. The molecular formula is C4H8N4O2. The second-order valence-electron chi connectivity index (χ2n) is 1.49. The maximum absolute atomic E-state index is 9.99. The average molecular weight is 144 g/mol. The summed E-state index contributed by atoms with van der Waals surface area (Å²) in [6.07, 6.45) is 1.30. The largest absolute Gasteiger partial charge is 0.365 e. The number of nitro groups is 1. The second kappa shape index (κ2) is 3.44. The SMILES string of the molecule is C=CCN(C(=N)N)[N+](=O)[O-]. The predicted molar refractivity (Wildman–Crippen MR) is 35.8 cm³/mol. The van der Waals surface area contributed by atoms with Gasteiger partial charge in [0.05, 0.1) is 0 Å². The highest BCUT2D eigenvalue weighted by molar-refractivity contribution is 5.73. The molecule has 0 spiro atoms. The number of hydrogen-bond donors (Lipinski definition) is 2.